The number of hydrogen-bond donors (Lipinski definition) is 0. The molecule has 3 aromatic carbocycles. The summed E-state index contributed by atoms with van der Waals surface area (Å²) >= 11 is 0. The van der Waals surface area contributed by atoms with E-state index in [1.807, 2.05) is 32.1 Å². The zero-order chi connectivity index (χ0) is 33.7. The highest BCUT2D eigenvalue weighted by atomic mass is 19.4. The van der Waals surface area contributed by atoms with E-state index in [4.69, 9.17) is 5.10 Å². The molecule has 48 heavy (non-hydrogen) atoms. The minimum atomic E-state index is -4.79. The predicted molar refractivity (Wildman–Crippen MR) is 172 cm³/mol. The molecule has 2 aromatic heterocycles. The molecule has 11 heteroatoms. The fraction of sp³-hybridized carbons (Fsp3) is 0.243. The summed E-state index contributed by atoms with van der Waals surface area (Å²) in [6.07, 6.45) is -0.765. The van der Waals surface area contributed by atoms with Gasteiger partial charge in [0.2, 0.25) is 0 Å². The summed E-state index contributed by atoms with van der Waals surface area (Å²) < 4.78 is 71.4. The van der Waals surface area contributed by atoms with Crippen LogP contribution in [-0.2, 0) is 6.18 Å². The Kier molecular flexibility index (Phi) is 7.93. The smallest absolute Gasteiger partial charge is 0.265 e. The van der Waals surface area contributed by atoms with Crippen molar-refractivity contribution in [1.29, 1.82) is 0 Å². The van der Waals surface area contributed by atoms with Gasteiger partial charge in [0.1, 0.15) is 11.6 Å². The van der Waals surface area contributed by atoms with Crippen LogP contribution in [0.3, 0.4) is 0 Å². The number of amides is 1. The van der Waals surface area contributed by atoms with Crippen LogP contribution in [0.5, 0.6) is 0 Å². The number of hydrazone groups is 1. The van der Waals surface area contributed by atoms with E-state index < -0.39 is 29.6 Å². The van der Waals surface area contributed by atoms with Crippen LogP contribution in [0.1, 0.15) is 77.9 Å². The minimum Gasteiger partial charge on any atom is -0.265 e. The second-order valence-electron chi connectivity index (χ2n) is 12.5. The molecule has 2 aliphatic rings. The Labute approximate surface area is 273 Å². The van der Waals surface area contributed by atoms with Gasteiger partial charge in [0.25, 0.3) is 5.91 Å². The van der Waals surface area contributed by atoms with Gasteiger partial charge in [0, 0.05) is 17.5 Å². The van der Waals surface area contributed by atoms with Gasteiger partial charge in [-0.2, -0.15) is 23.4 Å². The number of allylic oxidation sites excluding steroid dienone is 1. The number of carbonyl (C=O) groups excluding carboxylic acids is 1. The molecule has 1 aliphatic carbocycles. The van der Waals surface area contributed by atoms with Crippen molar-refractivity contribution in [3.8, 4) is 11.3 Å². The zero-order valence-electron chi connectivity index (χ0n) is 26.0. The molecule has 0 unspecified atom stereocenters. The molecule has 1 fully saturated rings. The topological polar surface area (TPSA) is 62.9 Å². The summed E-state index contributed by atoms with van der Waals surface area (Å²) in [5, 5.41) is 10.1. The summed E-state index contributed by atoms with van der Waals surface area (Å²) in [4.78, 5) is 18.7. The van der Waals surface area contributed by atoms with Gasteiger partial charge in [0.05, 0.1) is 17.4 Å². The van der Waals surface area contributed by atoms with Crippen LogP contribution >= 0.6 is 0 Å². The molecule has 244 valence electrons. The number of alkyl halides is 3. The molecule has 7 rings (SSSR count). The lowest BCUT2D eigenvalue weighted by Crippen LogP contribution is -2.32. The second-order valence-corrected chi connectivity index (χ2v) is 12.5. The van der Waals surface area contributed by atoms with Crippen molar-refractivity contribution in [3.63, 3.8) is 0 Å². The molecule has 0 bridgehead atoms. The average molecular weight is 656 g/mol. The van der Waals surface area contributed by atoms with Crippen molar-refractivity contribution in [2.45, 2.75) is 51.2 Å². The summed E-state index contributed by atoms with van der Waals surface area (Å²) in [5.74, 6) is -1.54. The van der Waals surface area contributed by atoms with E-state index in [1.54, 1.807) is 36.4 Å². The SMILES string of the molecule is CC(C)c1ccc(-c2cc(C(F)(F)F)n3nc(C(=O)N4N=C5/C(=C/c6ccc(F)cc6)CCC[C@@H]5[C@@H]4c4ccc(F)cc4)cc3n2)cc1. The fourth-order valence-corrected chi connectivity index (χ4v) is 6.51. The van der Waals surface area contributed by atoms with Crippen LogP contribution in [0.15, 0.2) is 95.6 Å². The van der Waals surface area contributed by atoms with Crippen molar-refractivity contribution in [3.05, 3.63) is 130 Å². The molecule has 0 N–H and O–H groups in total. The Balaban J connectivity index is 1.32. The highest BCUT2D eigenvalue weighted by molar-refractivity contribution is 6.09. The molecule has 1 saturated carbocycles. The third kappa shape index (κ3) is 5.89. The van der Waals surface area contributed by atoms with E-state index >= 15 is 0 Å². The van der Waals surface area contributed by atoms with Crippen molar-refractivity contribution in [2.24, 2.45) is 11.0 Å². The van der Waals surface area contributed by atoms with E-state index in [1.165, 1.54) is 35.3 Å². The summed E-state index contributed by atoms with van der Waals surface area (Å²) in [7, 11) is 0. The Morgan fingerprint density at radius 2 is 1.58 bits per heavy atom. The molecule has 1 aliphatic heterocycles. The molecule has 1 amide bonds. The van der Waals surface area contributed by atoms with Gasteiger partial charge in [-0.1, -0.05) is 62.4 Å². The van der Waals surface area contributed by atoms with Gasteiger partial charge in [0.15, 0.2) is 17.0 Å². The maximum atomic E-state index is 14.4. The number of nitrogens with zero attached hydrogens (tertiary/aromatic N) is 5. The fourth-order valence-electron chi connectivity index (χ4n) is 6.51. The van der Waals surface area contributed by atoms with Crippen LogP contribution in [0, 0.1) is 17.6 Å². The highest BCUT2D eigenvalue weighted by Crippen LogP contribution is 2.45. The monoisotopic (exact) mass is 655 g/mol. The Bertz CT molecular complexity index is 2060. The van der Waals surface area contributed by atoms with Crippen LogP contribution in [0.2, 0.25) is 0 Å². The van der Waals surface area contributed by atoms with Crippen LogP contribution < -0.4 is 0 Å². The molecule has 2 atom stereocenters. The molecule has 0 radical (unpaired) electrons. The first-order valence-electron chi connectivity index (χ1n) is 15.7. The maximum Gasteiger partial charge on any atom is 0.433 e. The first kappa shape index (κ1) is 31.4. The van der Waals surface area contributed by atoms with Crippen LogP contribution in [-0.4, -0.2) is 31.2 Å². The van der Waals surface area contributed by atoms with E-state index in [2.05, 4.69) is 10.1 Å². The zero-order valence-corrected chi connectivity index (χ0v) is 26.0. The molecule has 0 saturated heterocycles. The Morgan fingerprint density at radius 3 is 2.23 bits per heavy atom. The molecule has 0 spiro atoms. The predicted octanol–water partition coefficient (Wildman–Crippen LogP) is 9.25. The van der Waals surface area contributed by atoms with Crippen molar-refractivity contribution in [2.75, 3.05) is 0 Å². The lowest BCUT2D eigenvalue weighted by atomic mass is 9.77. The number of carbonyl (C=O) groups is 1. The van der Waals surface area contributed by atoms with E-state index in [0.29, 0.717) is 34.2 Å². The Hall–Kier alpha value is -5.19. The molecule has 5 aromatic rings. The minimum absolute atomic E-state index is 0.0937. The van der Waals surface area contributed by atoms with Crippen molar-refractivity contribution >= 4 is 23.3 Å². The van der Waals surface area contributed by atoms with E-state index in [9.17, 15) is 26.7 Å². The van der Waals surface area contributed by atoms with E-state index in [0.717, 1.165) is 29.2 Å². The van der Waals surface area contributed by atoms with Gasteiger partial charge in [-0.25, -0.2) is 23.3 Å². The molecular formula is C37H30F5N5O. The summed E-state index contributed by atoms with van der Waals surface area (Å²) in [5.41, 5.74) is 3.05. The third-order valence-electron chi connectivity index (χ3n) is 8.94. The van der Waals surface area contributed by atoms with Gasteiger partial charge in [-0.3, -0.25) is 4.79 Å². The number of hydrogen-bond acceptors (Lipinski definition) is 4. The van der Waals surface area contributed by atoms with Gasteiger partial charge in [-0.15, -0.1) is 0 Å². The van der Waals surface area contributed by atoms with Crippen molar-refractivity contribution in [1.82, 2.24) is 19.6 Å². The average Bonchev–Trinajstić information content (AvgIpc) is 3.68. The van der Waals surface area contributed by atoms with Crippen LogP contribution in [0.4, 0.5) is 22.0 Å². The quantitative estimate of drug-likeness (QED) is 0.177. The third-order valence-corrected chi connectivity index (χ3v) is 8.94. The summed E-state index contributed by atoms with van der Waals surface area (Å²) in [6, 6.07) is 20.5. The molecule has 6 nitrogen and oxygen atoms in total. The molecular weight excluding hydrogens is 625 g/mol. The van der Waals surface area contributed by atoms with E-state index in [-0.39, 0.29) is 34.7 Å². The molecule has 3 heterocycles. The first-order valence-corrected chi connectivity index (χ1v) is 15.7. The standard InChI is InChI=1S/C37H30F5N5O/c1-21(2)23-8-10-24(11-9-23)30-19-32(37(40,41)42)46-33(43-30)20-31(44-46)36(48)47-35(25-12-16-28(39)17-13-25)29-5-3-4-26(34(29)45-47)18-22-6-14-27(38)15-7-22/h6-21,29,35H,3-5H2,1-2H3/b26-18+/t29-,35-/m0/s1. The van der Waals surface area contributed by atoms with Crippen molar-refractivity contribution < 1.29 is 26.7 Å². The summed E-state index contributed by atoms with van der Waals surface area (Å²) in [6.45, 7) is 4.05. The first-order chi connectivity index (χ1) is 23.0. The van der Waals surface area contributed by atoms with Gasteiger partial charge >= 0.3 is 6.18 Å². The maximum absolute atomic E-state index is 14.4. The second kappa shape index (κ2) is 12.1. The lowest BCUT2D eigenvalue weighted by Gasteiger charge is -2.29. The lowest BCUT2D eigenvalue weighted by molar-refractivity contribution is -0.142. The number of rotatable bonds is 5. The van der Waals surface area contributed by atoms with Gasteiger partial charge in [-0.05, 0) is 83.9 Å². The van der Waals surface area contributed by atoms with Crippen LogP contribution in [0.25, 0.3) is 23.0 Å². The van der Waals surface area contributed by atoms with Gasteiger partial charge < -0.3 is 0 Å². The number of aromatic nitrogens is 3. The number of fused-ring (bicyclic) bond motifs is 2. The largest absolute Gasteiger partial charge is 0.433 e. The highest BCUT2D eigenvalue weighted by Gasteiger charge is 2.45. The number of benzene rings is 3. The number of halogens is 5. The Morgan fingerprint density at radius 1 is 0.917 bits per heavy atom. The normalized spacial score (nSPS) is 18.9.